The van der Waals surface area contributed by atoms with Gasteiger partial charge < -0.3 is 14.6 Å². The van der Waals surface area contributed by atoms with Crippen molar-refractivity contribution in [1.29, 1.82) is 0 Å². The topological polar surface area (TPSA) is 38.7 Å². The molecule has 76 valence electrons. The lowest BCUT2D eigenvalue weighted by Crippen LogP contribution is -2.30. The Labute approximate surface area is 79.3 Å². The van der Waals surface area contributed by atoms with Crippen molar-refractivity contribution in [3.05, 3.63) is 11.8 Å². The van der Waals surface area contributed by atoms with Crippen molar-refractivity contribution in [2.45, 2.75) is 38.9 Å². The van der Waals surface area contributed by atoms with E-state index >= 15 is 0 Å². The summed E-state index contributed by atoms with van der Waals surface area (Å²) in [6.45, 7) is 5.25. The minimum absolute atomic E-state index is 0.130. The molecule has 0 bridgehead atoms. The Kier molecular flexibility index (Phi) is 4.25. The lowest BCUT2D eigenvalue weighted by Gasteiger charge is -2.21. The maximum Gasteiger partial charge on any atom is 0.137 e. The highest BCUT2D eigenvalue weighted by Crippen LogP contribution is 2.19. The molecule has 3 heteroatoms. The highest BCUT2D eigenvalue weighted by atomic mass is 16.5. The molecule has 0 aromatic heterocycles. The molecule has 3 nitrogen and oxygen atoms in total. The van der Waals surface area contributed by atoms with E-state index in [1.165, 1.54) is 0 Å². The number of ether oxygens (including phenoxy) is 2. The standard InChI is InChI=1S/C10H18O3/c1-3-8(12-4-2)10(11)9-6-5-7-13-9/h6,8,10-11H,3-5,7H2,1-2H3. The van der Waals surface area contributed by atoms with Gasteiger partial charge in [-0.1, -0.05) is 6.92 Å². The minimum atomic E-state index is -0.590. The second-order valence-corrected chi connectivity index (χ2v) is 3.09. The van der Waals surface area contributed by atoms with Gasteiger partial charge in [0, 0.05) is 13.0 Å². The smallest absolute Gasteiger partial charge is 0.137 e. The molecule has 0 saturated carbocycles. The molecule has 0 radical (unpaired) electrons. The van der Waals surface area contributed by atoms with Crippen molar-refractivity contribution in [3.63, 3.8) is 0 Å². The van der Waals surface area contributed by atoms with E-state index in [9.17, 15) is 5.11 Å². The molecule has 13 heavy (non-hydrogen) atoms. The van der Waals surface area contributed by atoms with Gasteiger partial charge in [-0.25, -0.2) is 0 Å². The van der Waals surface area contributed by atoms with Crippen LogP contribution in [0.4, 0.5) is 0 Å². The van der Waals surface area contributed by atoms with Gasteiger partial charge in [0.15, 0.2) is 0 Å². The Hall–Kier alpha value is -0.540. The van der Waals surface area contributed by atoms with Gasteiger partial charge in [0.1, 0.15) is 11.9 Å². The van der Waals surface area contributed by atoms with Crippen molar-refractivity contribution in [1.82, 2.24) is 0 Å². The summed E-state index contributed by atoms with van der Waals surface area (Å²) >= 11 is 0. The average Bonchev–Trinajstić information content (AvgIpc) is 2.65. The van der Waals surface area contributed by atoms with Gasteiger partial charge in [-0.05, 0) is 19.4 Å². The first-order valence-corrected chi connectivity index (χ1v) is 4.92. The van der Waals surface area contributed by atoms with Gasteiger partial charge in [-0.2, -0.15) is 0 Å². The summed E-state index contributed by atoms with van der Waals surface area (Å²) in [6, 6.07) is 0. The van der Waals surface area contributed by atoms with Crippen molar-refractivity contribution in [2.24, 2.45) is 0 Å². The summed E-state index contributed by atoms with van der Waals surface area (Å²) in [7, 11) is 0. The first-order valence-electron chi connectivity index (χ1n) is 4.92. The SMILES string of the molecule is CCOC(CC)C(O)C1=CCCO1. The van der Waals surface area contributed by atoms with Crippen LogP contribution in [-0.4, -0.2) is 30.5 Å². The summed E-state index contributed by atoms with van der Waals surface area (Å²) in [5.74, 6) is 0.681. The third-order valence-corrected chi connectivity index (χ3v) is 2.16. The van der Waals surface area contributed by atoms with Crippen LogP contribution < -0.4 is 0 Å². The van der Waals surface area contributed by atoms with Gasteiger partial charge in [0.25, 0.3) is 0 Å². The normalized spacial score (nSPS) is 20.7. The second-order valence-electron chi connectivity index (χ2n) is 3.09. The molecule has 0 spiro atoms. The van der Waals surface area contributed by atoms with Crippen LogP contribution in [0, 0.1) is 0 Å². The van der Waals surface area contributed by atoms with Crippen LogP contribution >= 0.6 is 0 Å². The molecule has 0 saturated heterocycles. The Balaban J connectivity index is 2.47. The predicted octanol–water partition coefficient (Wildman–Crippen LogP) is 1.47. The average molecular weight is 186 g/mol. The minimum Gasteiger partial charge on any atom is -0.495 e. The van der Waals surface area contributed by atoms with E-state index in [4.69, 9.17) is 9.47 Å². The fourth-order valence-electron chi connectivity index (χ4n) is 1.47. The van der Waals surface area contributed by atoms with Crippen LogP contribution in [0.1, 0.15) is 26.7 Å². The summed E-state index contributed by atoms with van der Waals surface area (Å²) in [5, 5.41) is 9.82. The van der Waals surface area contributed by atoms with Gasteiger partial charge in [-0.15, -0.1) is 0 Å². The van der Waals surface area contributed by atoms with Crippen LogP contribution in [0.3, 0.4) is 0 Å². The Bertz CT molecular complexity index is 177. The molecular formula is C10H18O3. The molecule has 0 aromatic carbocycles. The third-order valence-electron chi connectivity index (χ3n) is 2.16. The fraction of sp³-hybridized carbons (Fsp3) is 0.800. The van der Waals surface area contributed by atoms with Crippen LogP contribution in [0.15, 0.2) is 11.8 Å². The summed E-state index contributed by atoms with van der Waals surface area (Å²) in [6.07, 6.45) is 2.92. The molecule has 0 aliphatic carbocycles. The second kappa shape index (κ2) is 5.25. The maximum atomic E-state index is 9.82. The molecule has 1 aliphatic rings. The maximum absolute atomic E-state index is 9.82. The molecule has 0 amide bonds. The lowest BCUT2D eigenvalue weighted by molar-refractivity contribution is -0.0377. The highest BCUT2D eigenvalue weighted by molar-refractivity contribution is 5.06. The molecule has 1 rings (SSSR count). The van der Waals surface area contributed by atoms with E-state index in [1.807, 2.05) is 19.9 Å². The fourth-order valence-corrected chi connectivity index (χ4v) is 1.47. The lowest BCUT2D eigenvalue weighted by atomic mass is 10.1. The van der Waals surface area contributed by atoms with E-state index in [2.05, 4.69) is 0 Å². The highest BCUT2D eigenvalue weighted by Gasteiger charge is 2.24. The number of hydrogen-bond acceptors (Lipinski definition) is 3. The largest absolute Gasteiger partial charge is 0.495 e. The zero-order valence-electron chi connectivity index (χ0n) is 8.32. The van der Waals surface area contributed by atoms with Crippen molar-refractivity contribution in [3.8, 4) is 0 Å². The third kappa shape index (κ3) is 2.71. The molecular weight excluding hydrogens is 168 g/mol. The number of aliphatic hydroxyl groups excluding tert-OH is 1. The molecule has 1 heterocycles. The van der Waals surface area contributed by atoms with E-state index in [1.54, 1.807) is 0 Å². The number of rotatable bonds is 5. The van der Waals surface area contributed by atoms with Crippen LogP contribution in [-0.2, 0) is 9.47 Å². The molecule has 1 N–H and O–H groups in total. The van der Waals surface area contributed by atoms with Gasteiger partial charge in [-0.3, -0.25) is 0 Å². The Morgan fingerprint density at radius 3 is 2.85 bits per heavy atom. The first kappa shape index (κ1) is 10.5. The molecule has 0 fully saturated rings. The Morgan fingerprint density at radius 2 is 2.38 bits per heavy atom. The van der Waals surface area contributed by atoms with Gasteiger partial charge in [0.05, 0.1) is 12.7 Å². The van der Waals surface area contributed by atoms with Crippen molar-refractivity contribution < 1.29 is 14.6 Å². The van der Waals surface area contributed by atoms with Crippen molar-refractivity contribution >= 4 is 0 Å². The van der Waals surface area contributed by atoms with Gasteiger partial charge >= 0.3 is 0 Å². The van der Waals surface area contributed by atoms with E-state index < -0.39 is 6.10 Å². The molecule has 2 atom stereocenters. The number of aliphatic hydroxyl groups is 1. The van der Waals surface area contributed by atoms with Crippen molar-refractivity contribution in [2.75, 3.05) is 13.2 Å². The Morgan fingerprint density at radius 1 is 1.62 bits per heavy atom. The molecule has 2 unspecified atom stereocenters. The molecule has 1 aliphatic heterocycles. The zero-order chi connectivity index (χ0) is 9.68. The van der Waals surface area contributed by atoms with Crippen LogP contribution in [0.25, 0.3) is 0 Å². The van der Waals surface area contributed by atoms with Gasteiger partial charge in [0.2, 0.25) is 0 Å². The van der Waals surface area contributed by atoms with E-state index in [0.29, 0.717) is 19.0 Å². The van der Waals surface area contributed by atoms with Crippen LogP contribution in [0.2, 0.25) is 0 Å². The summed E-state index contributed by atoms with van der Waals surface area (Å²) in [5.41, 5.74) is 0. The number of hydrogen-bond donors (Lipinski definition) is 1. The molecule has 0 aromatic rings. The predicted molar refractivity (Wildman–Crippen MR) is 50.4 cm³/mol. The van der Waals surface area contributed by atoms with E-state index in [-0.39, 0.29) is 6.10 Å². The quantitative estimate of drug-likeness (QED) is 0.706. The van der Waals surface area contributed by atoms with Crippen LogP contribution in [0.5, 0.6) is 0 Å². The summed E-state index contributed by atoms with van der Waals surface area (Å²) in [4.78, 5) is 0. The first-order chi connectivity index (χ1) is 6.29. The monoisotopic (exact) mass is 186 g/mol. The summed E-state index contributed by atoms with van der Waals surface area (Å²) < 4.78 is 10.7. The zero-order valence-corrected chi connectivity index (χ0v) is 8.32. The van der Waals surface area contributed by atoms with E-state index in [0.717, 1.165) is 12.8 Å².